The molecular formula is C40H41N9O5. The van der Waals surface area contributed by atoms with E-state index in [1.54, 1.807) is 10.9 Å². The van der Waals surface area contributed by atoms with Crippen molar-refractivity contribution in [3.05, 3.63) is 120 Å². The lowest BCUT2D eigenvalue weighted by atomic mass is 10.1. The van der Waals surface area contributed by atoms with E-state index in [0.717, 1.165) is 52.5 Å². The van der Waals surface area contributed by atoms with Crippen molar-refractivity contribution in [1.29, 1.82) is 0 Å². The highest BCUT2D eigenvalue weighted by molar-refractivity contribution is 6.07. The van der Waals surface area contributed by atoms with E-state index < -0.39 is 24.1 Å². The summed E-state index contributed by atoms with van der Waals surface area (Å²) in [6.45, 7) is 4.49. The highest BCUT2D eigenvalue weighted by Gasteiger charge is 2.33. The number of amides is 3. The molecule has 5 N–H and O–H groups in total. The predicted octanol–water partition coefficient (Wildman–Crippen LogP) is 6.01. The summed E-state index contributed by atoms with van der Waals surface area (Å²) in [5.74, 6) is 1.70. The number of hydrogen-bond acceptors (Lipinski definition) is 10. The average molecular weight is 728 g/mol. The van der Waals surface area contributed by atoms with Crippen molar-refractivity contribution in [3.63, 3.8) is 0 Å². The third-order valence-electron chi connectivity index (χ3n) is 9.09. The first-order valence-electron chi connectivity index (χ1n) is 17.8. The normalized spacial score (nSPS) is 15.3. The second kappa shape index (κ2) is 16.1. The van der Waals surface area contributed by atoms with Gasteiger partial charge in [0.1, 0.15) is 35.5 Å². The van der Waals surface area contributed by atoms with Gasteiger partial charge in [0.05, 0.1) is 41.7 Å². The van der Waals surface area contributed by atoms with Crippen LogP contribution in [0.3, 0.4) is 0 Å². The number of unbranched alkanes of at least 4 members (excludes halogenated alkanes) is 1. The number of anilines is 4. The number of carbonyl (C=O) groups is 2. The number of likely N-dealkylation sites (tertiary alicyclic amines) is 1. The van der Waals surface area contributed by atoms with Gasteiger partial charge in [-0.2, -0.15) is 5.10 Å². The van der Waals surface area contributed by atoms with Crippen LogP contribution >= 0.6 is 0 Å². The molecule has 14 heteroatoms. The molecule has 1 aliphatic rings. The Morgan fingerprint density at radius 2 is 1.65 bits per heavy atom. The van der Waals surface area contributed by atoms with E-state index in [-0.39, 0.29) is 25.4 Å². The second-order valence-electron chi connectivity index (χ2n) is 13.2. The number of aromatic nitrogens is 5. The number of carbonyl (C=O) groups excluding carboxylic acids is 2. The van der Waals surface area contributed by atoms with Gasteiger partial charge >= 0.3 is 6.03 Å². The van der Waals surface area contributed by atoms with Gasteiger partial charge in [-0.15, -0.1) is 0 Å². The SMILES string of the molecule is CCCCc1cc(NC(=O)Nc2ccc(OCc3ccnc(Nc4cnc(C(=O)N5C[C@H](O)[C@@H](O)C5)cn4)c3)c3ccccc23)n(-c2ccc(C)cc2)n1. The van der Waals surface area contributed by atoms with Crippen molar-refractivity contribution >= 4 is 45.9 Å². The molecule has 54 heavy (non-hydrogen) atoms. The molecule has 0 aliphatic carbocycles. The van der Waals surface area contributed by atoms with Crippen molar-refractivity contribution in [2.24, 2.45) is 0 Å². The van der Waals surface area contributed by atoms with Crippen molar-refractivity contribution in [3.8, 4) is 11.4 Å². The molecular weight excluding hydrogens is 686 g/mol. The number of aliphatic hydroxyl groups excluding tert-OH is 2. The molecule has 0 unspecified atom stereocenters. The number of fused-ring (bicyclic) bond motifs is 1. The maximum Gasteiger partial charge on any atom is 0.324 e. The number of aliphatic hydroxyl groups is 2. The molecule has 6 aromatic rings. The third kappa shape index (κ3) is 8.30. The molecule has 1 aliphatic heterocycles. The van der Waals surface area contributed by atoms with Gasteiger partial charge in [0.15, 0.2) is 0 Å². The van der Waals surface area contributed by atoms with Gasteiger partial charge in [-0.1, -0.05) is 55.3 Å². The number of rotatable bonds is 12. The fraction of sp³-hybridized carbons (Fsp3) is 0.250. The number of aryl methyl sites for hydroxylation is 2. The van der Waals surface area contributed by atoms with Crippen LogP contribution in [0.2, 0.25) is 0 Å². The summed E-state index contributed by atoms with van der Waals surface area (Å²) in [4.78, 5) is 40.3. The molecule has 3 amide bonds. The molecule has 0 spiro atoms. The lowest BCUT2D eigenvalue weighted by Gasteiger charge is -2.15. The van der Waals surface area contributed by atoms with Crippen LogP contribution in [0.25, 0.3) is 16.5 Å². The lowest BCUT2D eigenvalue weighted by molar-refractivity contribution is 0.0572. The van der Waals surface area contributed by atoms with E-state index in [4.69, 9.17) is 9.84 Å². The van der Waals surface area contributed by atoms with Crippen LogP contribution in [-0.2, 0) is 13.0 Å². The van der Waals surface area contributed by atoms with E-state index >= 15 is 0 Å². The summed E-state index contributed by atoms with van der Waals surface area (Å²) in [6, 6.07) is 24.6. The summed E-state index contributed by atoms with van der Waals surface area (Å²) in [5, 5.41) is 35.1. The number of urea groups is 1. The van der Waals surface area contributed by atoms with E-state index in [9.17, 15) is 19.8 Å². The topological polar surface area (TPSA) is 180 Å². The molecule has 0 bridgehead atoms. The van der Waals surface area contributed by atoms with E-state index in [1.165, 1.54) is 17.3 Å². The van der Waals surface area contributed by atoms with Crippen LogP contribution < -0.4 is 20.7 Å². The third-order valence-corrected chi connectivity index (χ3v) is 9.09. The van der Waals surface area contributed by atoms with E-state index in [0.29, 0.717) is 28.9 Å². The van der Waals surface area contributed by atoms with Gasteiger partial charge in [-0.25, -0.2) is 24.4 Å². The fourth-order valence-corrected chi connectivity index (χ4v) is 6.18. The Balaban J connectivity index is 1.00. The smallest absolute Gasteiger partial charge is 0.324 e. The maximum absolute atomic E-state index is 13.4. The Morgan fingerprint density at radius 3 is 2.39 bits per heavy atom. The number of benzene rings is 3. The molecule has 1 saturated heterocycles. The second-order valence-corrected chi connectivity index (χ2v) is 13.2. The van der Waals surface area contributed by atoms with Crippen molar-refractivity contribution in [1.82, 2.24) is 29.6 Å². The summed E-state index contributed by atoms with van der Waals surface area (Å²) < 4.78 is 8.04. The van der Waals surface area contributed by atoms with Crippen molar-refractivity contribution in [2.75, 3.05) is 29.0 Å². The van der Waals surface area contributed by atoms with Gasteiger partial charge in [0.2, 0.25) is 0 Å². The minimum Gasteiger partial charge on any atom is -0.488 e. The molecule has 1 fully saturated rings. The number of pyridine rings is 1. The first-order chi connectivity index (χ1) is 26.2. The molecule has 3 aromatic heterocycles. The highest BCUT2D eigenvalue weighted by atomic mass is 16.5. The number of nitrogens with one attached hydrogen (secondary N) is 3. The first kappa shape index (κ1) is 36.0. The minimum atomic E-state index is -0.977. The zero-order chi connectivity index (χ0) is 37.6. The predicted molar refractivity (Wildman–Crippen MR) is 205 cm³/mol. The zero-order valence-electron chi connectivity index (χ0n) is 29.9. The van der Waals surface area contributed by atoms with Crippen LogP contribution in [0.1, 0.15) is 47.1 Å². The fourth-order valence-electron chi connectivity index (χ4n) is 6.18. The molecule has 3 aromatic carbocycles. The van der Waals surface area contributed by atoms with Crippen molar-refractivity contribution in [2.45, 2.75) is 51.9 Å². The van der Waals surface area contributed by atoms with Crippen molar-refractivity contribution < 1.29 is 24.5 Å². The van der Waals surface area contributed by atoms with Gasteiger partial charge in [-0.05, 0) is 61.7 Å². The lowest BCUT2D eigenvalue weighted by Crippen LogP contribution is -2.30. The Bertz CT molecular complexity index is 2250. The molecule has 4 heterocycles. The average Bonchev–Trinajstić information content (AvgIpc) is 3.75. The zero-order valence-corrected chi connectivity index (χ0v) is 29.9. The number of nitrogens with zero attached hydrogens (tertiary/aromatic N) is 6. The molecule has 14 nitrogen and oxygen atoms in total. The summed E-state index contributed by atoms with van der Waals surface area (Å²) in [6.07, 6.45) is 5.33. The van der Waals surface area contributed by atoms with Crippen LogP contribution in [-0.4, -0.2) is 77.1 Å². The molecule has 0 radical (unpaired) electrons. The standard InChI is InChI=1S/C40H41N9O5/c1-3-4-7-27-19-38(49(47-27)28-12-10-25(2)11-13-28)46-40(53)44-31-14-15-35(30-9-6-5-8-29(30)31)54-24-26-16-17-41-36(18-26)45-37-21-42-32(20-43-37)39(52)48-22-33(50)34(51)23-48/h5-6,8-21,33-34,50-51H,3-4,7,22-24H2,1-2H3,(H,41,43,45)(H2,44,46,53)/t33-,34-/m0/s1. The molecule has 0 saturated carbocycles. The first-order valence-corrected chi connectivity index (χ1v) is 17.8. The monoisotopic (exact) mass is 727 g/mol. The molecule has 7 rings (SSSR count). The number of hydrogen-bond donors (Lipinski definition) is 5. The highest BCUT2D eigenvalue weighted by Crippen LogP contribution is 2.32. The quantitative estimate of drug-likeness (QED) is 0.100. The summed E-state index contributed by atoms with van der Waals surface area (Å²) in [7, 11) is 0. The number of β-amino-alcohol motifs (C(OH)–C–C–N with tert-alkyl or cyclic N) is 2. The van der Waals surface area contributed by atoms with Crippen LogP contribution in [0, 0.1) is 6.92 Å². The largest absolute Gasteiger partial charge is 0.488 e. The van der Waals surface area contributed by atoms with Gasteiger partial charge in [0.25, 0.3) is 5.91 Å². The number of ether oxygens (including phenoxy) is 1. The summed E-state index contributed by atoms with van der Waals surface area (Å²) in [5.41, 5.74) is 4.49. The van der Waals surface area contributed by atoms with E-state index in [1.807, 2.05) is 85.8 Å². The Morgan fingerprint density at radius 1 is 0.870 bits per heavy atom. The van der Waals surface area contributed by atoms with Gasteiger partial charge < -0.3 is 30.5 Å². The Labute approximate surface area is 311 Å². The Hall–Kier alpha value is -6.38. The molecule has 2 atom stereocenters. The van der Waals surface area contributed by atoms with E-state index in [2.05, 4.69) is 37.8 Å². The van der Waals surface area contributed by atoms with Crippen LogP contribution in [0.5, 0.6) is 5.75 Å². The van der Waals surface area contributed by atoms with Crippen LogP contribution in [0.4, 0.5) is 27.9 Å². The van der Waals surface area contributed by atoms with Crippen LogP contribution in [0.15, 0.2) is 97.5 Å². The summed E-state index contributed by atoms with van der Waals surface area (Å²) >= 11 is 0. The molecule has 276 valence electrons. The van der Waals surface area contributed by atoms with Gasteiger partial charge in [0, 0.05) is 36.1 Å². The maximum atomic E-state index is 13.4. The minimum absolute atomic E-state index is 0.0392. The van der Waals surface area contributed by atoms with Gasteiger partial charge in [-0.3, -0.25) is 10.1 Å². The Kier molecular flexibility index (Phi) is 10.7.